The van der Waals surface area contributed by atoms with Crippen LogP contribution in [0.5, 0.6) is 0 Å². The van der Waals surface area contributed by atoms with E-state index >= 15 is 0 Å². The van der Waals surface area contributed by atoms with Crippen molar-refractivity contribution in [2.45, 2.75) is 30.7 Å². The summed E-state index contributed by atoms with van der Waals surface area (Å²) in [5, 5.41) is 11.9. The number of aliphatic carboxylic acids is 1. The quantitative estimate of drug-likeness (QED) is 0.752. The molecule has 0 bridgehead atoms. The highest BCUT2D eigenvalue weighted by atomic mass is 16.4. The maximum absolute atomic E-state index is 11.6. The van der Waals surface area contributed by atoms with Gasteiger partial charge in [-0.15, -0.1) is 0 Å². The van der Waals surface area contributed by atoms with Crippen molar-refractivity contribution in [1.82, 2.24) is 5.32 Å². The van der Waals surface area contributed by atoms with E-state index in [1.54, 1.807) is 0 Å². The van der Waals surface area contributed by atoms with Gasteiger partial charge in [-0.2, -0.15) is 0 Å². The normalized spacial score (nSPS) is 30.4. The Morgan fingerprint density at radius 2 is 2.18 bits per heavy atom. The van der Waals surface area contributed by atoms with Gasteiger partial charge in [0.2, 0.25) is 5.91 Å². The lowest BCUT2D eigenvalue weighted by Crippen LogP contribution is -2.45. The number of hydrogen-bond donors (Lipinski definition) is 2. The summed E-state index contributed by atoms with van der Waals surface area (Å²) >= 11 is 0. The highest BCUT2D eigenvalue weighted by Crippen LogP contribution is 2.46. The second kappa shape index (κ2) is 3.32. The molecule has 88 valence electrons. The minimum Gasteiger partial charge on any atom is -0.480 e. The van der Waals surface area contributed by atoms with Crippen molar-refractivity contribution in [3.05, 3.63) is 35.4 Å². The van der Waals surface area contributed by atoms with E-state index in [0.717, 1.165) is 18.4 Å². The summed E-state index contributed by atoms with van der Waals surface area (Å²) < 4.78 is 0. The number of carboxylic acids is 1. The van der Waals surface area contributed by atoms with E-state index in [1.165, 1.54) is 5.56 Å². The first kappa shape index (κ1) is 10.3. The molecule has 1 heterocycles. The van der Waals surface area contributed by atoms with Crippen LogP contribution in [0.15, 0.2) is 24.3 Å². The van der Waals surface area contributed by atoms with Gasteiger partial charge in [-0.3, -0.25) is 4.79 Å². The summed E-state index contributed by atoms with van der Waals surface area (Å²) in [4.78, 5) is 22.9. The lowest BCUT2D eigenvalue weighted by molar-refractivity contribution is -0.141. The van der Waals surface area contributed by atoms with Crippen molar-refractivity contribution in [2.75, 3.05) is 0 Å². The Kier molecular flexibility index (Phi) is 2.02. The van der Waals surface area contributed by atoms with E-state index in [4.69, 9.17) is 0 Å². The molecule has 2 unspecified atom stereocenters. The van der Waals surface area contributed by atoms with Gasteiger partial charge in [-0.05, 0) is 24.0 Å². The van der Waals surface area contributed by atoms with E-state index in [0.29, 0.717) is 6.42 Å². The van der Waals surface area contributed by atoms with Crippen LogP contribution in [0.25, 0.3) is 0 Å². The van der Waals surface area contributed by atoms with Crippen molar-refractivity contribution in [1.29, 1.82) is 0 Å². The van der Waals surface area contributed by atoms with Crippen LogP contribution in [0.4, 0.5) is 0 Å². The Morgan fingerprint density at radius 3 is 2.94 bits per heavy atom. The number of rotatable bonds is 1. The number of aryl methyl sites for hydroxylation is 1. The molecule has 1 spiro atoms. The molecule has 3 rings (SSSR count). The van der Waals surface area contributed by atoms with Crippen molar-refractivity contribution < 1.29 is 14.7 Å². The molecule has 1 aromatic carbocycles. The molecule has 2 N–H and O–H groups in total. The molecular formula is C13H13NO3. The Balaban J connectivity index is 2.13. The third-order valence-corrected chi connectivity index (χ3v) is 3.98. The first-order chi connectivity index (χ1) is 8.13. The number of benzene rings is 1. The first-order valence-corrected chi connectivity index (χ1v) is 5.74. The third-order valence-electron chi connectivity index (χ3n) is 3.98. The molecule has 0 radical (unpaired) electrons. The molecule has 1 aliphatic carbocycles. The van der Waals surface area contributed by atoms with Crippen LogP contribution in [0.2, 0.25) is 0 Å². The molecule has 1 aliphatic heterocycles. The maximum atomic E-state index is 11.6. The van der Waals surface area contributed by atoms with Gasteiger partial charge in [0.15, 0.2) is 0 Å². The lowest BCUT2D eigenvalue weighted by atomic mass is 9.75. The Bertz CT molecular complexity index is 511. The summed E-state index contributed by atoms with van der Waals surface area (Å²) in [5.41, 5.74) is 1.68. The fourth-order valence-corrected chi connectivity index (χ4v) is 3.24. The van der Waals surface area contributed by atoms with Gasteiger partial charge in [0, 0.05) is 11.8 Å². The minimum absolute atomic E-state index is 0.158. The Labute approximate surface area is 98.6 Å². The average Bonchev–Trinajstić information content (AvgIpc) is 2.83. The zero-order chi connectivity index (χ0) is 12.0. The molecule has 0 aromatic heterocycles. The van der Waals surface area contributed by atoms with Crippen molar-refractivity contribution in [3.8, 4) is 0 Å². The van der Waals surface area contributed by atoms with Crippen molar-refractivity contribution in [3.63, 3.8) is 0 Å². The molecule has 4 heteroatoms. The van der Waals surface area contributed by atoms with Crippen molar-refractivity contribution >= 4 is 11.9 Å². The monoisotopic (exact) mass is 231 g/mol. The van der Waals surface area contributed by atoms with Crippen LogP contribution < -0.4 is 5.32 Å². The fourth-order valence-electron chi connectivity index (χ4n) is 3.24. The molecule has 1 aromatic rings. The highest BCUT2D eigenvalue weighted by molar-refractivity contribution is 5.91. The predicted octanol–water partition coefficient (Wildman–Crippen LogP) is 0.844. The van der Waals surface area contributed by atoms with Gasteiger partial charge in [0.25, 0.3) is 0 Å². The van der Waals surface area contributed by atoms with E-state index in [-0.39, 0.29) is 5.91 Å². The summed E-state index contributed by atoms with van der Waals surface area (Å²) in [6, 6.07) is 7.06. The first-order valence-electron chi connectivity index (χ1n) is 5.74. The summed E-state index contributed by atoms with van der Waals surface area (Å²) in [7, 11) is 0. The largest absolute Gasteiger partial charge is 0.480 e. The SMILES string of the molecule is O=C1CC2(CCc3ccccc32)C(C(=O)O)N1. The topological polar surface area (TPSA) is 66.4 Å². The van der Waals surface area contributed by atoms with Crippen LogP contribution in [-0.2, 0) is 21.4 Å². The van der Waals surface area contributed by atoms with E-state index in [1.807, 2.05) is 24.3 Å². The van der Waals surface area contributed by atoms with Gasteiger partial charge < -0.3 is 10.4 Å². The molecule has 17 heavy (non-hydrogen) atoms. The van der Waals surface area contributed by atoms with E-state index < -0.39 is 17.4 Å². The number of carboxylic acid groups (broad SMARTS) is 1. The number of amides is 1. The average molecular weight is 231 g/mol. The van der Waals surface area contributed by atoms with Crippen LogP contribution in [0.1, 0.15) is 24.0 Å². The summed E-state index contributed by atoms with van der Waals surface area (Å²) in [6.07, 6.45) is 1.89. The zero-order valence-electron chi connectivity index (χ0n) is 9.27. The third kappa shape index (κ3) is 1.30. The second-order valence-corrected chi connectivity index (χ2v) is 4.83. The second-order valence-electron chi connectivity index (χ2n) is 4.83. The van der Waals surface area contributed by atoms with E-state index in [2.05, 4.69) is 5.32 Å². The number of carbonyl (C=O) groups excluding carboxylic acids is 1. The summed E-state index contributed by atoms with van der Waals surface area (Å²) in [6.45, 7) is 0. The number of fused-ring (bicyclic) bond motifs is 2. The number of hydrogen-bond acceptors (Lipinski definition) is 2. The highest BCUT2D eigenvalue weighted by Gasteiger charge is 2.54. The summed E-state index contributed by atoms with van der Waals surface area (Å²) in [5.74, 6) is -1.10. The molecule has 1 saturated heterocycles. The Morgan fingerprint density at radius 1 is 1.41 bits per heavy atom. The molecule has 4 nitrogen and oxygen atoms in total. The maximum Gasteiger partial charge on any atom is 0.327 e. The molecular weight excluding hydrogens is 218 g/mol. The van der Waals surface area contributed by atoms with Gasteiger partial charge in [-0.1, -0.05) is 24.3 Å². The van der Waals surface area contributed by atoms with Crippen molar-refractivity contribution in [2.24, 2.45) is 0 Å². The van der Waals surface area contributed by atoms with Gasteiger partial charge in [0.05, 0.1) is 0 Å². The minimum atomic E-state index is -0.937. The number of nitrogens with one attached hydrogen (secondary N) is 1. The van der Waals surface area contributed by atoms with Crippen LogP contribution in [0, 0.1) is 0 Å². The van der Waals surface area contributed by atoms with Crippen LogP contribution in [0.3, 0.4) is 0 Å². The van der Waals surface area contributed by atoms with Crippen LogP contribution in [-0.4, -0.2) is 23.0 Å². The Hall–Kier alpha value is -1.84. The zero-order valence-corrected chi connectivity index (χ0v) is 9.27. The molecule has 2 aliphatic rings. The fraction of sp³-hybridized carbons (Fsp3) is 0.385. The standard InChI is InChI=1S/C13H13NO3/c15-10-7-13(11(14-10)12(16)17)6-5-8-3-1-2-4-9(8)13/h1-4,11H,5-7H2,(H,14,15)(H,16,17). The van der Waals surface area contributed by atoms with E-state index in [9.17, 15) is 14.7 Å². The van der Waals surface area contributed by atoms with Gasteiger partial charge in [0.1, 0.15) is 6.04 Å². The molecule has 1 fully saturated rings. The number of carbonyl (C=O) groups is 2. The molecule has 1 amide bonds. The van der Waals surface area contributed by atoms with Crippen LogP contribution >= 0.6 is 0 Å². The smallest absolute Gasteiger partial charge is 0.327 e. The molecule has 2 atom stereocenters. The predicted molar refractivity (Wildman–Crippen MR) is 60.6 cm³/mol. The van der Waals surface area contributed by atoms with Gasteiger partial charge >= 0.3 is 5.97 Å². The lowest BCUT2D eigenvalue weighted by Gasteiger charge is -2.27. The van der Waals surface area contributed by atoms with Gasteiger partial charge in [-0.25, -0.2) is 4.79 Å². The molecule has 0 saturated carbocycles.